The zero-order valence-corrected chi connectivity index (χ0v) is 15.3. The summed E-state index contributed by atoms with van der Waals surface area (Å²) in [6.45, 7) is 10.9. The van der Waals surface area contributed by atoms with E-state index in [9.17, 15) is 4.79 Å². The van der Waals surface area contributed by atoms with Crippen molar-refractivity contribution in [3.63, 3.8) is 0 Å². The van der Waals surface area contributed by atoms with E-state index in [0.29, 0.717) is 18.4 Å². The van der Waals surface area contributed by atoms with Crippen LogP contribution in [0.4, 0.5) is 0 Å². The molecule has 2 nitrogen and oxygen atoms in total. The number of carbonyl (C=O) groups excluding carboxylic acids is 1. The Bertz CT molecular complexity index is 423. The van der Waals surface area contributed by atoms with E-state index in [0.717, 1.165) is 36.0 Å². The predicted octanol–water partition coefficient (Wildman–Crippen LogP) is 5.17. The van der Waals surface area contributed by atoms with Gasteiger partial charge in [0.15, 0.2) is 5.78 Å². The van der Waals surface area contributed by atoms with Crippen LogP contribution in [0.5, 0.6) is 0 Å². The fraction of sp³-hybridized carbons (Fsp3) is 0.611. The van der Waals surface area contributed by atoms with Crippen molar-refractivity contribution in [1.82, 2.24) is 4.90 Å². The van der Waals surface area contributed by atoms with Crippen LogP contribution in [0, 0.1) is 5.92 Å². The van der Waals surface area contributed by atoms with Gasteiger partial charge in [0.1, 0.15) is 0 Å². The highest BCUT2D eigenvalue weighted by atomic mass is 79.9. The van der Waals surface area contributed by atoms with Gasteiger partial charge in [0.2, 0.25) is 0 Å². The Balaban J connectivity index is 2.62. The van der Waals surface area contributed by atoms with Crippen molar-refractivity contribution in [3.05, 3.63) is 34.3 Å². The third kappa shape index (κ3) is 6.31. The molecule has 118 valence electrons. The van der Waals surface area contributed by atoms with Crippen LogP contribution < -0.4 is 0 Å². The summed E-state index contributed by atoms with van der Waals surface area (Å²) in [5.41, 5.74) is 0.812. The number of hydrogen-bond donors (Lipinski definition) is 0. The highest BCUT2D eigenvalue weighted by molar-refractivity contribution is 9.10. The SMILES string of the molecule is CCC(CC)N(CCC(=O)c1ccc(Br)cc1)CC(C)C. The second-order valence-electron chi connectivity index (χ2n) is 6.04. The molecular formula is C18H28BrNO. The van der Waals surface area contributed by atoms with Gasteiger partial charge in [-0.25, -0.2) is 0 Å². The number of carbonyl (C=O) groups is 1. The third-order valence-electron chi connectivity index (χ3n) is 3.85. The van der Waals surface area contributed by atoms with Crippen LogP contribution in [0.25, 0.3) is 0 Å². The molecule has 0 fully saturated rings. The molecule has 0 saturated carbocycles. The van der Waals surface area contributed by atoms with E-state index < -0.39 is 0 Å². The quantitative estimate of drug-likeness (QED) is 0.570. The third-order valence-corrected chi connectivity index (χ3v) is 4.38. The smallest absolute Gasteiger partial charge is 0.164 e. The number of nitrogens with zero attached hydrogens (tertiary/aromatic N) is 1. The van der Waals surface area contributed by atoms with Gasteiger partial charge in [-0.3, -0.25) is 9.69 Å². The first-order valence-corrected chi connectivity index (χ1v) is 8.80. The molecule has 1 aromatic rings. The van der Waals surface area contributed by atoms with E-state index in [4.69, 9.17) is 0 Å². The molecular weight excluding hydrogens is 326 g/mol. The molecule has 0 amide bonds. The van der Waals surface area contributed by atoms with Gasteiger partial charge in [0, 0.05) is 35.6 Å². The van der Waals surface area contributed by atoms with E-state index in [1.54, 1.807) is 0 Å². The monoisotopic (exact) mass is 353 g/mol. The minimum atomic E-state index is 0.238. The highest BCUT2D eigenvalue weighted by Gasteiger charge is 2.17. The maximum absolute atomic E-state index is 12.3. The largest absolute Gasteiger partial charge is 0.300 e. The van der Waals surface area contributed by atoms with Crippen LogP contribution in [-0.4, -0.2) is 29.8 Å². The fourth-order valence-corrected chi connectivity index (χ4v) is 2.99. The molecule has 1 aromatic carbocycles. The molecule has 0 aliphatic heterocycles. The molecule has 3 heteroatoms. The first-order valence-electron chi connectivity index (χ1n) is 8.00. The van der Waals surface area contributed by atoms with E-state index in [1.165, 1.54) is 0 Å². The lowest BCUT2D eigenvalue weighted by Crippen LogP contribution is -2.38. The molecule has 0 aliphatic carbocycles. The number of hydrogen-bond acceptors (Lipinski definition) is 2. The van der Waals surface area contributed by atoms with Gasteiger partial charge in [-0.1, -0.05) is 55.8 Å². The molecule has 1 rings (SSSR count). The van der Waals surface area contributed by atoms with Crippen LogP contribution in [0.15, 0.2) is 28.7 Å². The zero-order valence-electron chi connectivity index (χ0n) is 13.7. The molecule has 0 heterocycles. The lowest BCUT2D eigenvalue weighted by molar-refractivity contribution is 0.0937. The normalized spacial score (nSPS) is 11.6. The van der Waals surface area contributed by atoms with Crippen molar-refractivity contribution in [3.8, 4) is 0 Å². The Kier molecular flexibility index (Phi) is 8.20. The number of benzene rings is 1. The van der Waals surface area contributed by atoms with E-state index in [2.05, 4.69) is 48.5 Å². The average molecular weight is 354 g/mol. The van der Waals surface area contributed by atoms with Crippen molar-refractivity contribution < 1.29 is 4.79 Å². The van der Waals surface area contributed by atoms with Crippen LogP contribution in [-0.2, 0) is 0 Å². The Hall–Kier alpha value is -0.670. The number of Topliss-reactive ketones (excluding diaryl/α,β-unsaturated/α-hetero) is 1. The van der Waals surface area contributed by atoms with Gasteiger partial charge < -0.3 is 0 Å². The van der Waals surface area contributed by atoms with E-state index >= 15 is 0 Å². The van der Waals surface area contributed by atoms with Gasteiger partial charge in [-0.05, 0) is 30.9 Å². The predicted molar refractivity (Wildman–Crippen MR) is 93.9 cm³/mol. The van der Waals surface area contributed by atoms with Crippen LogP contribution in [0.2, 0.25) is 0 Å². The molecule has 0 atom stereocenters. The second kappa shape index (κ2) is 9.37. The first kappa shape index (κ1) is 18.4. The van der Waals surface area contributed by atoms with Gasteiger partial charge in [-0.2, -0.15) is 0 Å². The summed E-state index contributed by atoms with van der Waals surface area (Å²) in [7, 11) is 0. The highest BCUT2D eigenvalue weighted by Crippen LogP contribution is 2.15. The summed E-state index contributed by atoms with van der Waals surface area (Å²) in [5.74, 6) is 0.871. The van der Waals surface area contributed by atoms with Crippen LogP contribution >= 0.6 is 15.9 Å². The van der Waals surface area contributed by atoms with Gasteiger partial charge >= 0.3 is 0 Å². The minimum absolute atomic E-state index is 0.238. The maximum Gasteiger partial charge on any atom is 0.164 e. The average Bonchev–Trinajstić information content (AvgIpc) is 2.45. The molecule has 0 radical (unpaired) electrons. The number of halogens is 1. The molecule has 21 heavy (non-hydrogen) atoms. The van der Waals surface area contributed by atoms with Crippen molar-refractivity contribution in [2.45, 2.75) is 53.0 Å². The van der Waals surface area contributed by atoms with Gasteiger partial charge in [0.05, 0.1) is 0 Å². The van der Waals surface area contributed by atoms with Gasteiger partial charge in [0.25, 0.3) is 0 Å². The lowest BCUT2D eigenvalue weighted by Gasteiger charge is -2.31. The molecule has 0 spiro atoms. The fourth-order valence-electron chi connectivity index (χ4n) is 2.72. The number of ketones is 1. The Morgan fingerprint density at radius 3 is 2.19 bits per heavy atom. The molecule has 0 aromatic heterocycles. The van der Waals surface area contributed by atoms with Crippen molar-refractivity contribution >= 4 is 21.7 Å². The Labute approximate surface area is 138 Å². The first-order chi connectivity index (χ1) is 9.97. The van der Waals surface area contributed by atoms with Crippen molar-refractivity contribution in [2.24, 2.45) is 5.92 Å². The summed E-state index contributed by atoms with van der Waals surface area (Å²) >= 11 is 3.40. The standard InChI is InChI=1S/C18H28BrNO/c1-5-17(6-2)20(13-14(3)4)12-11-18(21)15-7-9-16(19)10-8-15/h7-10,14,17H,5-6,11-13H2,1-4H3. The summed E-state index contributed by atoms with van der Waals surface area (Å²) in [6.07, 6.45) is 2.90. The second-order valence-corrected chi connectivity index (χ2v) is 6.95. The van der Waals surface area contributed by atoms with E-state index in [-0.39, 0.29) is 5.78 Å². The summed E-state index contributed by atoms with van der Waals surface area (Å²) in [5, 5.41) is 0. The zero-order chi connectivity index (χ0) is 15.8. The maximum atomic E-state index is 12.3. The van der Waals surface area contributed by atoms with Crippen molar-refractivity contribution in [2.75, 3.05) is 13.1 Å². The van der Waals surface area contributed by atoms with Crippen molar-refractivity contribution in [1.29, 1.82) is 0 Å². The molecule has 0 saturated heterocycles. The lowest BCUT2D eigenvalue weighted by atomic mass is 10.0. The Morgan fingerprint density at radius 2 is 1.71 bits per heavy atom. The number of rotatable bonds is 9. The molecule has 0 N–H and O–H groups in total. The van der Waals surface area contributed by atoms with Crippen LogP contribution in [0.3, 0.4) is 0 Å². The van der Waals surface area contributed by atoms with E-state index in [1.807, 2.05) is 24.3 Å². The Morgan fingerprint density at radius 1 is 1.14 bits per heavy atom. The summed E-state index contributed by atoms with van der Waals surface area (Å²) in [6, 6.07) is 8.25. The minimum Gasteiger partial charge on any atom is -0.300 e. The van der Waals surface area contributed by atoms with Gasteiger partial charge in [-0.15, -0.1) is 0 Å². The molecule has 0 bridgehead atoms. The molecule has 0 aliphatic rings. The summed E-state index contributed by atoms with van der Waals surface area (Å²) in [4.78, 5) is 14.8. The summed E-state index contributed by atoms with van der Waals surface area (Å²) < 4.78 is 1.01. The molecule has 0 unspecified atom stereocenters. The topological polar surface area (TPSA) is 20.3 Å². The van der Waals surface area contributed by atoms with Crippen LogP contribution in [0.1, 0.15) is 57.3 Å².